The van der Waals surface area contributed by atoms with Crippen LogP contribution >= 0.6 is 68.9 Å². The Bertz CT molecular complexity index is 2590. The molecule has 0 bridgehead atoms. The molecule has 0 aromatic carbocycles. The molecular formula is C75H120O8S6. The maximum Gasteiger partial charge on any atom is 0.309 e. The summed E-state index contributed by atoms with van der Waals surface area (Å²) in [5, 5.41) is 18.7. The van der Waals surface area contributed by atoms with Crippen LogP contribution in [0, 0.1) is 17.8 Å². The van der Waals surface area contributed by atoms with Gasteiger partial charge < -0.3 is 24.5 Å². The number of carboxylic acids is 2. The van der Waals surface area contributed by atoms with Gasteiger partial charge in [0.25, 0.3) is 0 Å². The van der Waals surface area contributed by atoms with Crippen LogP contribution in [0.5, 0.6) is 0 Å². The zero-order chi connectivity index (χ0) is 66.4. The number of carbonyl (C=O) groups is 4. The lowest BCUT2D eigenvalue weighted by molar-refractivity contribution is -0.155. The zero-order valence-electron chi connectivity index (χ0n) is 57.7. The molecule has 8 nitrogen and oxygen atoms in total. The van der Waals surface area contributed by atoms with Gasteiger partial charge in [0, 0.05) is 91.6 Å². The van der Waals surface area contributed by atoms with Gasteiger partial charge in [-0.2, -0.15) is 0 Å². The summed E-state index contributed by atoms with van der Waals surface area (Å²) in [6.45, 7) is 32.7. The van der Waals surface area contributed by atoms with E-state index in [0.717, 1.165) is 102 Å². The van der Waals surface area contributed by atoms with Crippen LogP contribution in [0.3, 0.4) is 0 Å². The Labute approximate surface area is 566 Å². The molecule has 6 unspecified atom stereocenters. The monoisotopic (exact) mass is 1340 g/mol. The Kier molecular flexibility index (Phi) is 49.1. The van der Waals surface area contributed by atoms with Gasteiger partial charge in [-0.15, -0.1) is 75.4 Å². The molecule has 0 fully saturated rings. The second-order valence-corrected chi connectivity index (χ2v) is 30.0. The second-order valence-electron chi connectivity index (χ2n) is 23.6. The Morgan fingerprint density at radius 3 is 1.58 bits per heavy atom. The smallest absolute Gasteiger partial charge is 0.309 e. The van der Waals surface area contributed by atoms with Crippen molar-refractivity contribution in [2.75, 3.05) is 12.9 Å². The molecular weight excluding hydrogens is 1220 g/mol. The summed E-state index contributed by atoms with van der Waals surface area (Å²) in [5.74, 6) is 0.443. The summed E-state index contributed by atoms with van der Waals surface area (Å²) in [6.07, 6.45) is 39.7. The Morgan fingerprint density at radius 2 is 1.07 bits per heavy atom. The van der Waals surface area contributed by atoms with E-state index in [1.807, 2.05) is 57.5 Å². The molecule has 0 radical (unpaired) electrons. The van der Waals surface area contributed by atoms with Crippen LogP contribution < -0.4 is 0 Å². The molecule has 0 aliphatic rings. The van der Waals surface area contributed by atoms with E-state index >= 15 is 0 Å². The fraction of sp³-hybridized carbons (Fsp3) is 0.653. The van der Waals surface area contributed by atoms with Crippen molar-refractivity contribution in [3.8, 4) is 0 Å². The highest BCUT2D eigenvalue weighted by Crippen LogP contribution is 2.44. The summed E-state index contributed by atoms with van der Waals surface area (Å²) in [5.41, 5.74) is 2.63. The number of methoxy groups -OCH3 is 1. The van der Waals surface area contributed by atoms with Crippen LogP contribution in [0.1, 0.15) is 307 Å². The number of rotatable bonds is 45. The van der Waals surface area contributed by atoms with Gasteiger partial charge in [-0.3, -0.25) is 14.4 Å². The van der Waals surface area contributed by atoms with E-state index in [1.54, 1.807) is 18.4 Å². The standard InChI is InChI=1S/C49H68O3S6.C12H24O.C8H16O2.C6H12O2/c1-12-18-20-21-23-36(22-19-13-2)49(50)52-38(17-6)42-31-46-44(58-42)29-40(56-46)35(10)25-27-54-48(33(8)15-4)47(32(7)14-3)53-26-24-34(9)39-28-43-45(55-39)30-41(57-43)37(16-5)51-11;1-3-5-7-8-10-12(11-13)9-6-4-2;1-2-3-4-5-6-7-8(9)10;1-2-3-4-5-6(7)8/h14-15,24-25,27-31,33,35-38H,4,12-13,16-23,26H2,1-3,5-11H3;11-12H,3-10H2,1-2H3;2-7H2,1H3,(H,9,10);2-5H2,1H3,(H,7,8)/b27-25+,32-14+,34-24+,48-47+;;;. The largest absolute Gasteiger partial charge is 0.481 e. The molecule has 4 rings (SSSR count). The third kappa shape index (κ3) is 35.0. The van der Waals surface area contributed by atoms with E-state index in [0.29, 0.717) is 18.8 Å². The number of aliphatic carboxylic acids is 2. The van der Waals surface area contributed by atoms with Crippen LogP contribution in [0.2, 0.25) is 0 Å². The van der Waals surface area contributed by atoms with E-state index in [2.05, 4.69) is 151 Å². The number of unbranched alkanes of at least 4 members (excludes halogenated alkanes) is 14. The molecule has 0 spiro atoms. The van der Waals surface area contributed by atoms with Crippen LogP contribution in [0.4, 0.5) is 0 Å². The van der Waals surface area contributed by atoms with Crippen molar-refractivity contribution in [1.82, 2.24) is 0 Å². The predicted molar refractivity (Wildman–Crippen MR) is 398 cm³/mol. The minimum atomic E-state index is -0.682. The quantitative estimate of drug-likeness (QED) is 0.0145. The van der Waals surface area contributed by atoms with E-state index < -0.39 is 11.9 Å². The number of fused-ring (bicyclic) bond motifs is 2. The summed E-state index contributed by atoms with van der Waals surface area (Å²) < 4.78 is 17.2. The van der Waals surface area contributed by atoms with E-state index in [1.165, 1.54) is 136 Å². The molecule has 6 atom stereocenters. The molecule has 0 amide bonds. The van der Waals surface area contributed by atoms with Gasteiger partial charge in [-0.05, 0) is 113 Å². The minimum Gasteiger partial charge on any atom is -0.481 e. The third-order valence-electron chi connectivity index (χ3n) is 15.9. The average Bonchev–Trinajstić information content (AvgIpc) is 2.33. The molecule has 504 valence electrons. The number of ether oxygens (including phenoxy) is 2. The van der Waals surface area contributed by atoms with Crippen LogP contribution in [0.25, 0.3) is 24.4 Å². The molecule has 0 saturated carbocycles. The van der Waals surface area contributed by atoms with E-state index in [4.69, 9.17) is 19.7 Å². The first-order valence-corrected chi connectivity index (χ1v) is 39.4. The second kappa shape index (κ2) is 52.2. The minimum absolute atomic E-state index is 0.00280. The summed E-state index contributed by atoms with van der Waals surface area (Å²) >= 11 is 11.2. The highest BCUT2D eigenvalue weighted by atomic mass is 32.2. The van der Waals surface area contributed by atoms with Gasteiger partial charge in [-0.1, -0.05) is 209 Å². The first-order chi connectivity index (χ1) is 42.9. The van der Waals surface area contributed by atoms with Gasteiger partial charge >= 0.3 is 17.9 Å². The number of allylic oxidation sites excluding steroid dienone is 6. The lowest BCUT2D eigenvalue weighted by Gasteiger charge is -2.20. The van der Waals surface area contributed by atoms with Crippen LogP contribution in [-0.2, 0) is 28.7 Å². The molecule has 14 heteroatoms. The van der Waals surface area contributed by atoms with Crippen molar-refractivity contribution >= 4 is 117 Å². The van der Waals surface area contributed by atoms with Gasteiger partial charge in [0.15, 0.2) is 0 Å². The highest BCUT2D eigenvalue weighted by Gasteiger charge is 2.25. The lowest BCUT2D eigenvalue weighted by atomic mass is 9.95. The number of carboxylic acid groups (broad SMARTS) is 2. The maximum atomic E-state index is 13.4. The van der Waals surface area contributed by atoms with Crippen molar-refractivity contribution in [3.05, 3.63) is 95.4 Å². The van der Waals surface area contributed by atoms with Crippen LogP contribution in [-0.4, -0.2) is 47.3 Å². The molecule has 0 aliphatic carbocycles. The molecule has 0 saturated heterocycles. The van der Waals surface area contributed by atoms with E-state index in [-0.39, 0.29) is 35.9 Å². The molecule has 2 N–H and O–H groups in total. The fourth-order valence-electron chi connectivity index (χ4n) is 9.82. The molecule has 89 heavy (non-hydrogen) atoms. The zero-order valence-corrected chi connectivity index (χ0v) is 62.6. The Balaban J connectivity index is 0.00000104. The third-order valence-corrected chi connectivity index (χ3v) is 23.4. The first-order valence-electron chi connectivity index (χ1n) is 34.2. The normalized spacial score (nSPS) is 14.1. The molecule has 4 heterocycles. The SMILES string of the molecule is C=CC(C)/C(S/C=C/C(C)c1cc2sc(C(CC)OC(=O)C(CCCC)CCCCCC)cc2s1)=C(SC/C=C(\C)c1cc2sc(C(CC)OC)cc2s1)/C(C)=C/C.CCCCCC(=O)O.CCCCCCC(C=O)CCCC.CCCCCCCC(=O)O. The Morgan fingerprint density at radius 1 is 0.607 bits per heavy atom. The summed E-state index contributed by atoms with van der Waals surface area (Å²) in [4.78, 5) is 51.9. The highest BCUT2D eigenvalue weighted by molar-refractivity contribution is 8.08. The van der Waals surface area contributed by atoms with Gasteiger partial charge in [0.05, 0.1) is 12.0 Å². The number of carbonyl (C=O) groups excluding carboxylic acids is 2. The fourth-order valence-corrected chi connectivity index (χ4v) is 17.5. The summed E-state index contributed by atoms with van der Waals surface area (Å²) in [6, 6.07) is 9.29. The molecule has 0 aliphatic heterocycles. The molecule has 4 aromatic rings. The number of hydrogen-bond acceptors (Lipinski definition) is 12. The maximum absolute atomic E-state index is 13.4. The van der Waals surface area contributed by atoms with Crippen molar-refractivity contribution in [2.24, 2.45) is 17.8 Å². The van der Waals surface area contributed by atoms with Gasteiger partial charge in [0.2, 0.25) is 0 Å². The van der Waals surface area contributed by atoms with Crippen LogP contribution in [0.15, 0.2) is 75.9 Å². The first kappa shape index (κ1) is 83.8. The number of aldehydes is 1. The van der Waals surface area contributed by atoms with Crippen molar-refractivity contribution in [2.45, 2.75) is 288 Å². The molecule has 4 aromatic heterocycles. The summed E-state index contributed by atoms with van der Waals surface area (Å²) in [7, 11) is 1.80. The average molecular weight is 1340 g/mol. The van der Waals surface area contributed by atoms with Gasteiger partial charge in [0.1, 0.15) is 12.4 Å². The lowest BCUT2D eigenvalue weighted by Crippen LogP contribution is -2.20. The number of thioether (sulfide) groups is 2. The number of hydrogen-bond donors (Lipinski definition) is 2. The Hall–Kier alpha value is -3.24. The van der Waals surface area contributed by atoms with E-state index in [9.17, 15) is 19.2 Å². The number of thiophene rings is 4. The van der Waals surface area contributed by atoms with Gasteiger partial charge in [-0.25, -0.2) is 0 Å². The van der Waals surface area contributed by atoms with Crippen molar-refractivity contribution < 1.29 is 38.9 Å². The van der Waals surface area contributed by atoms with Crippen molar-refractivity contribution in [1.29, 1.82) is 0 Å². The number of esters is 1. The van der Waals surface area contributed by atoms with Crippen molar-refractivity contribution in [3.63, 3.8) is 0 Å². The topological polar surface area (TPSA) is 127 Å². The predicted octanol–water partition coefficient (Wildman–Crippen LogP) is 26.3.